The van der Waals surface area contributed by atoms with E-state index < -0.39 is 35.9 Å². The lowest BCUT2D eigenvalue weighted by Crippen LogP contribution is -2.56. The standard InChI is InChI=1S/C15H30N4O4S/c1-3-9(2)12(19-13(20)10(17)8-24)14(21)18-11(15(22)23)6-4-5-7-16/h9-12,24H,3-8,16-17H2,1-2H3,(H,18,21)(H,19,20)(H,22,23)/t9-,10-,11-,12-/m0/s1. The monoisotopic (exact) mass is 362 g/mol. The van der Waals surface area contributed by atoms with E-state index in [9.17, 15) is 19.5 Å². The van der Waals surface area contributed by atoms with Gasteiger partial charge in [0.15, 0.2) is 0 Å². The maximum Gasteiger partial charge on any atom is 0.326 e. The highest BCUT2D eigenvalue weighted by molar-refractivity contribution is 7.80. The summed E-state index contributed by atoms with van der Waals surface area (Å²) in [5.74, 6) is -2.14. The summed E-state index contributed by atoms with van der Waals surface area (Å²) < 4.78 is 0. The molecule has 4 atom stereocenters. The van der Waals surface area contributed by atoms with Crippen LogP contribution in [0.3, 0.4) is 0 Å². The zero-order chi connectivity index (χ0) is 18.7. The molecule has 0 saturated carbocycles. The Labute approximate surface area is 148 Å². The molecule has 0 aliphatic carbocycles. The van der Waals surface area contributed by atoms with E-state index in [1.165, 1.54) is 0 Å². The average molecular weight is 362 g/mol. The van der Waals surface area contributed by atoms with E-state index in [1.54, 1.807) is 6.92 Å². The SMILES string of the molecule is CC[C@H](C)[C@H](NC(=O)[C@@H](N)CS)C(=O)N[C@@H](CCCCN)C(=O)O. The second-order valence-electron chi connectivity index (χ2n) is 5.84. The Morgan fingerprint density at radius 2 is 1.79 bits per heavy atom. The van der Waals surface area contributed by atoms with Gasteiger partial charge in [0.1, 0.15) is 12.1 Å². The summed E-state index contributed by atoms with van der Waals surface area (Å²) in [6, 6.07) is -2.68. The quantitative estimate of drug-likeness (QED) is 0.203. The molecule has 0 bridgehead atoms. The summed E-state index contributed by atoms with van der Waals surface area (Å²) in [6.07, 6.45) is 2.20. The molecule has 2 amide bonds. The van der Waals surface area contributed by atoms with E-state index in [-0.39, 0.29) is 18.1 Å². The van der Waals surface area contributed by atoms with Gasteiger partial charge in [-0.3, -0.25) is 9.59 Å². The molecule has 140 valence electrons. The third kappa shape index (κ3) is 7.98. The van der Waals surface area contributed by atoms with Gasteiger partial charge in [-0.25, -0.2) is 4.79 Å². The molecular formula is C15H30N4O4S. The molecule has 24 heavy (non-hydrogen) atoms. The number of unbranched alkanes of at least 4 members (excludes halogenated alkanes) is 1. The minimum Gasteiger partial charge on any atom is -0.480 e. The molecular weight excluding hydrogens is 332 g/mol. The van der Waals surface area contributed by atoms with Gasteiger partial charge in [0, 0.05) is 5.75 Å². The molecule has 7 N–H and O–H groups in total. The molecule has 0 aliphatic heterocycles. The third-order valence-electron chi connectivity index (χ3n) is 3.89. The fourth-order valence-corrected chi connectivity index (χ4v) is 2.22. The molecule has 0 spiro atoms. The minimum absolute atomic E-state index is 0.150. The summed E-state index contributed by atoms with van der Waals surface area (Å²) in [5, 5.41) is 14.3. The zero-order valence-electron chi connectivity index (χ0n) is 14.3. The van der Waals surface area contributed by atoms with Gasteiger partial charge in [0.25, 0.3) is 0 Å². The van der Waals surface area contributed by atoms with Crippen LogP contribution in [-0.2, 0) is 14.4 Å². The highest BCUT2D eigenvalue weighted by atomic mass is 32.1. The number of nitrogens with one attached hydrogen (secondary N) is 2. The summed E-state index contributed by atoms with van der Waals surface area (Å²) in [7, 11) is 0. The maximum absolute atomic E-state index is 12.5. The van der Waals surface area contributed by atoms with Crippen molar-refractivity contribution in [2.75, 3.05) is 12.3 Å². The predicted molar refractivity (Wildman–Crippen MR) is 95.7 cm³/mol. The van der Waals surface area contributed by atoms with Crippen molar-refractivity contribution in [1.82, 2.24) is 10.6 Å². The Morgan fingerprint density at radius 3 is 2.25 bits per heavy atom. The molecule has 0 heterocycles. The van der Waals surface area contributed by atoms with Crippen LogP contribution in [0, 0.1) is 5.92 Å². The van der Waals surface area contributed by atoms with E-state index in [0.29, 0.717) is 25.8 Å². The first-order valence-corrected chi connectivity index (χ1v) is 8.81. The molecule has 0 fully saturated rings. The van der Waals surface area contributed by atoms with Crippen LogP contribution in [0.25, 0.3) is 0 Å². The number of amides is 2. The summed E-state index contributed by atoms with van der Waals surface area (Å²) in [5.41, 5.74) is 11.0. The Morgan fingerprint density at radius 1 is 1.17 bits per heavy atom. The Balaban J connectivity index is 4.95. The number of hydrogen-bond donors (Lipinski definition) is 6. The highest BCUT2D eigenvalue weighted by Crippen LogP contribution is 2.10. The second kappa shape index (κ2) is 12.1. The maximum atomic E-state index is 12.5. The van der Waals surface area contributed by atoms with Crippen LogP contribution in [0.15, 0.2) is 0 Å². The number of thiol groups is 1. The molecule has 0 radical (unpaired) electrons. The topological polar surface area (TPSA) is 148 Å². The van der Waals surface area contributed by atoms with Crippen LogP contribution in [0.4, 0.5) is 0 Å². The second-order valence-corrected chi connectivity index (χ2v) is 6.21. The fraction of sp³-hybridized carbons (Fsp3) is 0.800. The largest absolute Gasteiger partial charge is 0.480 e. The number of nitrogens with two attached hydrogens (primary N) is 2. The number of carbonyl (C=O) groups excluding carboxylic acids is 2. The number of carboxylic acid groups (broad SMARTS) is 1. The Hall–Kier alpha value is -1.32. The van der Waals surface area contributed by atoms with Gasteiger partial charge in [-0.15, -0.1) is 0 Å². The van der Waals surface area contributed by atoms with Crippen LogP contribution in [-0.4, -0.2) is 53.3 Å². The van der Waals surface area contributed by atoms with Crippen molar-refractivity contribution in [2.45, 2.75) is 57.7 Å². The van der Waals surface area contributed by atoms with Gasteiger partial charge >= 0.3 is 5.97 Å². The average Bonchev–Trinajstić information content (AvgIpc) is 2.56. The van der Waals surface area contributed by atoms with Gasteiger partial charge in [-0.05, 0) is 31.7 Å². The number of rotatable bonds is 12. The van der Waals surface area contributed by atoms with Crippen LogP contribution >= 0.6 is 12.6 Å². The summed E-state index contributed by atoms with van der Waals surface area (Å²) in [6.45, 7) is 4.15. The van der Waals surface area contributed by atoms with Crippen LogP contribution < -0.4 is 22.1 Å². The van der Waals surface area contributed by atoms with Gasteiger partial charge in [0.2, 0.25) is 11.8 Å². The van der Waals surface area contributed by atoms with Crippen molar-refractivity contribution in [3.05, 3.63) is 0 Å². The smallest absolute Gasteiger partial charge is 0.326 e. The normalized spacial score (nSPS) is 15.9. The van der Waals surface area contributed by atoms with Crippen molar-refractivity contribution < 1.29 is 19.5 Å². The van der Waals surface area contributed by atoms with Crippen LogP contribution in [0.5, 0.6) is 0 Å². The van der Waals surface area contributed by atoms with Crippen LogP contribution in [0.2, 0.25) is 0 Å². The van der Waals surface area contributed by atoms with E-state index in [1.807, 2.05) is 6.92 Å². The van der Waals surface area contributed by atoms with Gasteiger partial charge < -0.3 is 27.2 Å². The molecule has 8 nitrogen and oxygen atoms in total. The number of carbonyl (C=O) groups is 3. The first kappa shape index (κ1) is 22.7. The van der Waals surface area contributed by atoms with E-state index in [0.717, 1.165) is 0 Å². The van der Waals surface area contributed by atoms with Gasteiger partial charge in [-0.2, -0.15) is 12.6 Å². The molecule has 9 heteroatoms. The van der Waals surface area contributed by atoms with Gasteiger partial charge in [-0.1, -0.05) is 20.3 Å². The van der Waals surface area contributed by atoms with Crippen molar-refractivity contribution in [1.29, 1.82) is 0 Å². The van der Waals surface area contributed by atoms with E-state index in [2.05, 4.69) is 23.3 Å². The molecule has 0 aromatic heterocycles. The molecule has 0 unspecified atom stereocenters. The highest BCUT2D eigenvalue weighted by Gasteiger charge is 2.30. The zero-order valence-corrected chi connectivity index (χ0v) is 15.2. The predicted octanol–water partition coefficient (Wildman–Crippen LogP) is -0.527. The summed E-state index contributed by atoms with van der Waals surface area (Å²) >= 11 is 3.96. The molecule has 0 aromatic carbocycles. The third-order valence-corrected chi connectivity index (χ3v) is 4.28. The Kier molecular flexibility index (Phi) is 11.4. The number of aliphatic carboxylic acids is 1. The molecule has 0 rings (SSSR count). The summed E-state index contributed by atoms with van der Waals surface area (Å²) in [4.78, 5) is 35.7. The van der Waals surface area contributed by atoms with Crippen molar-refractivity contribution >= 4 is 30.4 Å². The lowest BCUT2D eigenvalue weighted by molar-refractivity contribution is -0.142. The van der Waals surface area contributed by atoms with Crippen molar-refractivity contribution in [2.24, 2.45) is 17.4 Å². The molecule has 0 aromatic rings. The lowest BCUT2D eigenvalue weighted by atomic mass is 9.97. The molecule has 0 saturated heterocycles. The fourth-order valence-electron chi connectivity index (χ4n) is 2.06. The molecule has 0 aliphatic rings. The number of carboxylic acids is 1. The van der Waals surface area contributed by atoms with Gasteiger partial charge in [0.05, 0.1) is 6.04 Å². The first-order valence-electron chi connectivity index (χ1n) is 8.18. The minimum atomic E-state index is -1.11. The Bertz CT molecular complexity index is 422. The first-order chi connectivity index (χ1) is 11.3. The van der Waals surface area contributed by atoms with E-state index in [4.69, 9.17) is 11.5 Å². The van der Waals surface area contributed by atoms with Crippen molar-refractivity contribution in [3.8, 4) is 0 Å². The van der Waals surface area contributed by atoms with E-state index >= 15 is 0 Å². The number of hydrogen-bond acceptors (Lipinski definition) is 6. The lowest BCUT2D eigenvalue weighted by Gasteiger charge is -2.26. The van der Waals surface area contributed by atoms with Crippen LogP contribution in [0.1, 0.15) is 39.5 Å². The van der Waals surface area contributed by atoms with Crippen molar-refractivity contribution in [3.63, 3.8) is 0 Å².